The van der Waals surface area contributed by atoms with Crippen molar-refractivity contribution in [1.29, 1.82) is 0 Å². The van der Waals surface area contributed by atoms with Crippen LogP contribution in [0.3, 0.4) is 0 Å². The third-order valence-electron chi connectivity index (χ3n) is 6.32. The van der Waals surface area contributed by atoms with Gasteiger partial charge in [0.1, 0.15) is 6.54 Å². The molecule has 2 unspecified atom stereocenters. The Hall–Kier alpha value is -1.25. The van der Waals surface area contributed by atoms with Crippen molar-refractivity contribution in [2.24, 2.45) is 0 Å². The molecule has 0 fully saturated rings. The van der Waals surface area contributed by atoms with Crippen LogP contribution in [0.15, 0.2) is 69.1 Å². The highest BCUT2D eigenvalue weighted by atomic mass is 35.5. The first-order valence-electron chi connectivity index (χ1n) is 12.3. The minimum atomic E-state index is -4.07. The lowest BCUT2D eigenvalue weighted by atomic mass is 10.1. The molecule has 1 aromatic carbocycles. The molecular weight excluding hydrogens is 623 g/mol. The molecule has 1 aliphatic carbocycles. The molecular formula is C25H29Cl2N2O6S4+. The Labute approximate surface area is 248 Å². The molecule has 0 spiro atoms. The zero-order chi connectivity index (χ0) is 28.4. The molecule has 0 radical (unpaired) electrons. The summed E-state index contributed by atoms with van der Waals surface area (Å²) in [5, 5.41) is 3.21. The third kappa shape index (κ3) is 8.38. The summed E-state index contributed by atoms with van der Waals surface area (Å²) in [6, 6.07) is 5.56. The molecule has 4 rings (SSSR count). The van der Waals surface area contributed by atoms with E-state index in [-0.39, 0.29) is 35.6 Å². The van der Waals surface area contributed by atoms with E-state index >= 15 is 0 Å². The zero-order valence-corrected chi connectivity index (χ0v) is 25.8. The van der Waals surface area contributed by atoms with Gasteiger partial charge in [-0.25, -0.2) is 4.58 Å². The Balaban J connectivity index is 1.66. The van der Waals surface area contributed by atoms with Gasteiger partial charge in [0.05, 0.1) is 27.5 Å². The number of nitrogens with zero attached hydrogens (tertiary/aromatic N) is 2. The van der Waals surface area contributed by atoms with Gasteiger partial charge in [-0.3, -0.25) is 9.11 Å². The molecule has 212 valence electrons. The fourth-order valence-electron chi connectivity index (χ4n) is 4.52. The average molecular weight is 653 g/mol. The first-order chi connectivity index (χ1) is 18.3. The standard InChI is InChI=1S/C25H28Cl2N2O6S4/c1-2-17(13-24-28(9-3-11-38(30,31)32)20-15-18(26)5-7-22(20)36-24)14-25-29(10-4-12-39(33,34)35)21-16-19(27)6-8-23(21)37-25/h5-8,13-16,20,22H,2-4,9-12H2,1H3,(H-,30,31,32,33,34,35)/p+1. The molecule has 0 saturated carbocycles. The van der Waals surface area contributed by atoms with Crippen LogP contribution in [-0.2, 0) is 20.2 Å². The van der Waals surface area contributed by atoms with Crippen molar-refractivity contribution in [3.8, 4) is 0 Å². The van der Waals surface area contributed by atoms with Crippen molar-refractivity contribution in [2.75, 3.05) is 29.5 Å². The predicted molar refractivity (Wildman–Crippen MR) is 162 cm³/mol. The summed E-state index contributed by atoms with van der Waals surface area (Å²) in [6.07, 6.45) is 11.2. The van der Waals surface area contributed by atoms with E-state index in [9.17, 15) is 25.9 Å². The number of benzene rings is 1. The van der Waals surface area contributed by atoms with E-state index in [1.807, 2.05) is 48.3 Å². The molecule has 2 N–H and O–H groups in total. The van der Waals surface area contributed by atoms with Crippen molar-refractivity contribution < 1.29 is 30.5 Å². The van der Waals surface area contributed by atoms with Crippen LogP contribution in [0.25, 0.3) is 0 Å². The van der Waals surface area contributed by atoms with Crippen LogP contribution in [-0.4, -0.2) is 71.4 Å². The normalized spacial score (nSPS) is 22.5. The number of rotatable bonds is 11. The van der Waals surface area contributed by atoms with Crippen LogP contribution in [0, 0.1) is 0 Å². The lowest BCUT2D eigenvalue weighted by molar-refractivity contribution is -0.546. The number of thioether (sulfide) groups is 2. The molecule has 3 aliphatic rings. The maximum absolute atomic E-state index is 11.3. The van der Waals surface area contributed by atoms with Crippen LogP contribution in [0.4, 0.5) is 5.69 Å². The van der Waals surface area contributed by atoms with Gasteiger partial charge in [0.25, 0.3) is 20.2 Å². The zero-order valence-electron chi connectivity index (χ0n) is 21.0. The van der Waals surface area contributed by atoms with Gasteiger partial charge in [-0.15, -0.1) is 0 Å². The lowest BCUT2D eigenvalue weighted by Gasteiger charge is -2.20. The number of hydrogen-bond acceptors (Lipinski definition) is 7. The van der Waals surface area contributed by atoms with Gasteiger partial charge in [-0.05, 0) is 60.5 Å². The Morgan fingerprint density at radius 3 is 2.54 bits per heavy atom. The van der Waals surface area contributed by atoms with Crippen molar-refractivity contribution >= 4 is 77.7 Å². The smallest absolute Gasteiger partial charge is 0.265 e. The van der Waals surface area contributed by atoms with Crippen LogP contribution in [0.1, 0.15) is 26.2 Å². The summed E-state index contributed by atoms with van der Waals surface area (Å²) in [6.45, 7) is 2.86. The molecule has 2 atom stereocenters. The molecule has 0 amide bonds. The molecule has 8 nitrogen and oxygen atoms in total. The van der Waals surface area contributed by atoms with E-state index in [0.717, 1.165) is 26.2 Å². The summed E-state index contributed by atoms with van der Waals surface area (Å²) in [4.78, 5) is 3.01. The summed E-state index contributed by atoms with van der Waals surface area (Å²) < 4.78 is 65.8. The second-order valence-electron chi connectivity index (χ2n) is 9.22. The first-order valence-corrected chi connectivity index (χ1v) is 17.9. The number of halogens is 2. The van der Waals surface area contributed by atoms with Crippen molar-refractivity contribution in [2.45, 2.75) is 42.4 Å². The Kier molecular flexibility index (Phi) is 10.0. The lowest BCUT2D eigenvalue weighted by Crippen LogP contribution is -2.31. The van der Waals surface area contributed by atoms with Crippen LogP contribution in [0.2, 0.25) is 5.02 Å². The number of fused-ring (bicyclic) bond motifs is 2. The summed E-state index contributed by atoms with van der Waals surface area (Å²) in [7, 11) is -8.14. The Bertz CT molecular complexity index is 1500. The highest BCUT2D eigenvalue weighted by Crippen LogP contribution is 2.47. The van der Waals surface area contributed by atoms with E-state index in [1.54, 1.807) is 23.5 Å². The molecule has 2 aliphatic heterocycles. The van der Waals surface area contributed by atoms with Gasteiger partial charge in [0.15, 0.2) is 6.04 Å². The molecule has 0 aromatic heterocycles. The molecule has 39 heavy (non-hydrogen) atoms. The maximum atomic E-state index is 11.3. The quantitative estimate of drug-likeness (QED) is 0.234. The SMILES string of the molecule is CCC(=CC1=[N+](CCCS(=O)(=O)O)C2C=C(Cl)C=CC2S1)C=C1Sc2ccc(Cl)cc2N1CCCS(=O)(=O)O. The fraction of sp³-hybridized carbons (Fsp3) is 0.400. The molecule has 0 bridgehead atoms. The number of hydrogen-bond donors (Lipinski definition) is 2. The topological polar surface area (TPSA) is 115 Å². The molecule has 14 heteroatoms. The van der Waals surface area contributed by atoms with Gasteiger partial charge in [-0.2, -0.15) is 16.8 Å². The molecule has 2 heterocycles. The maximum Gasteiger partial charge on any atom is 0.265 e. The van der Waals surface area contributed by atoms with Crippen molar-refractivity contribution in [1.82, 2.24) is 0 Å². The van der Waals surface area contributed by atoms with Crippen molar-refractivity contribution in [3.63, 3.8) is 0 Å². The summed E-state index contributed by atoms with van der Waals surface area (Å²) in [5.74, 6) is -0.663. The minimum absolute atomic E-state index is 0.0323. The Morgan fingerprint density at radius 2 is 1.85 bits per heavy atom. The highest BCUT2D eigenvalue weighted by molar-refractivity contribution is 8.15. The predicted octanol–water partition coefficient (Wildman–Crippen LogP) is 5.57. The monoisotopic (exact) mass is 651 g/mol. The summed E-state index contributed by atoms with van der Waals surface area (Å²) in [5.41, 5.74) is 1.91. The van der Waals surface area contributed by atoms with Crippen LogP contribution in [0.5, 0.6) is 0 Å². The largest absolute Gasteiger partial charge is 0.335 e. The number of anilines is 1. The van der Waals surface area contributed by atoms with Crippen molar-refractivity contribution in [3.05, 3.63) is 69.2 Å². The third-order valence-corrected chi connectivity index (χ3v) is 10.8. The average Bonchev–Trinajstić information content (AvgIpc) is 3.34. The van der Waals surface area contributed by atoms with E-state index in [0.29, 0.717) is 29.6 Å². The minimum Gasteiger partial charge on any atom is -0.335 e. The molecule has 0 saturated heterocycles. The summed E-state index contributed by atoms with van der Waals surface area (Å²) >= 11 is 15.8. The van der Waals surface area contributed by atoms with Gasteiger partial charge < -0.3 is 4.90 Å². The highest BCUT2D eigenvalue weighted by Gasteiger charge is 2.40. The van der Waals surface area contributed by atoms with Crippen LogP contribution >= 0.6 is 46.7 Å². The number of allylic oxidation sites excluding steroid dienone is 4. The molecule has 1 aromatic rings. The second kappa shape index (κ2) is 12.7. The van der Waals surface area contributed by atoms with Gasteiger partial charge >= 0.3 is 0 Å². The van der Waals surface area contributed by atoms with Gasteiger partial charge in [0, 0.05) is 40.1 Å². The Morgan fingerprint density at radius 1 is 1.13 bits per heavy atom. The first kappa shape index (κ1) is 30.7. The van der Waals surface area contributed by atoms with E-state index in [4.69, 9.17) is 23.2 Å². The fourth-order valence-corrected chi connectivity index (χ4v) is 8.39. The van der Waals surface area contributed by atoms with Gasteiger partial charge in [-0.1, -0.05) is 48.0 Å². The van der Waals surface area contributed by atoms with E-state index < -0.39 is 20.2 Å². The second-order valence-corrected chi connectivity index (χ2v) is 15.5. The van der Waals surface area contributed by atoms with E-state index in [2.05, 4.69) is 16.7 Å². The van der Waals surface area contributed by atoms with E-state index in [1.165, 1.54) is 0 Å². The van der Waals surface area contributed by atoms with Gasteiger partial charge in [0.2, 0.25) is 5.04 Å². The van der Waals surface area contributed by atoms with Crippen LogP contribution < -0.4 is 4.90 Å².